The fourth-order valence-corrected chi connectivity index (χ4v) is 5.02. The number of anilines is 1. The van der Waals surface area contributed by atoms with Crippen LogP contribution in [0, 0.1) is 0 Å². The molecule has 54 heavy (non-hydrogen) atoms. The standard InChI is InChI=1S/C38H50N4O12/c39-10-9-35(38(43)40-30-3-7-33-36(27-30)52-25-21-48-17-13-44-11-15-46-19-23-50-33)54-32-5-1-29(2-6-32)41-42-31-4-8-34-37(28-31)53-26-22-49-18-14-45-12-16-47-20-24-51-34/h1-8,27-28,35H,9-26,39H2,(H,40,43). The Labute approximate surface area is 315 Å². The second kappa shape index (κ2) is 24.0. The maximum atomic E-state index is 13.4. The lowest BCUT2D eigenvalue weighted by molar-refractivity contribution is -0.122. The first-order valence-corrected chi connectivity index (χ1v) is 18.1. The molecule has 0 aromatic heterocycles. The Morgan fingerprint density at radius 3 is 1.50 bits per heavy atom. The average Bonchev–Trinajstić information content (AvgIpc) is 3.20. The molecule has 0 radical (unpaired) electrons. The molecule has 2 heterocycles. The number of amides is 1. The Bertz CT molecular complexity index is 1560. The zero-order valence-corrected chi connectivity index (χ0v) is 30.4. The molecular formula is C38H50N4O12. The molecule has 2 aliphatic heterocycles. The molecule has 0 spiro atoms. The Morgan fingerprint density at radius 1 is 0.556 bits per heavy atom. The number of ether oxygens (including phenoxy) is 11. The molecule has 1 amide bonds. The molecule has 16 heteroatoms. The van der Waals surface area contributed by atoms with Gasteiger partial charge in [-0.05, 0) is 55.1 Å². The van der Waals surface area contributed by atoms with Crippen LogP contribution in [-0.2, 0) is 33.2 Å². The van der Waals surface area contributed by atoms with Crippen molar-refractivity contribution in [3.05, 3.63) is 60.7 Å². The fraction of sp³-hybridized carbons (Fsp3) is 0.500. The van der Waals surface area contributed by atoms with E-state index in [9.17, 15) is 4.79 Å². The Morgan fingerprint density at radius 2 is 0.981 bits per heavy atom. The van der Waals surface area contributed by atoms with Crippen LogP contribution in [0.25, 0.3) is 0 Å². The Kier molecular flexibility index (Phi) is 18.0. The first-order chi connectivity index (χ1) is 26.7. The van der Waals surface area contributed by atoms with Crippen molar-refractivity contribution in [3.63, 3.8) is 0 Å². The minimum atomic E-state index is -0.859. The van der Waals surface area contributed by atoms with Gasteiger partial charge in [0.15, 0.2) is 29.1 Å². The van der Waals surface area contributed by atoms with E-state index in [1.165, 1.54) is 0 Å². The van der Waals surface area contributed by atoms with Crippen molar-refractivity contribution in [1.29, 1.82) is 0 Å². The lowest BCUT2D eigenvalue weighted by atomic mass is 10.2. The lowest BCUT2D eigenvalue weighted by Gasteiger charge is -2.19. The second-order valence-corrected chi connectivity index (χ2v) is 11.7. The largest absolute Gasteiger partial charge is 0.487 e. The third kappa shape index (κ3) is 14.7. The van der Waals surface area contributed by atoms with Gasteiger partial charge in [-0.25, -0.2) is 0 Å². The monoisotopic (exact) mass is 754 g/mol. The molecule has 0 aliphatic carbocycles. The molecule has 3 aromatic carbocycles. The highest BCUT2D eigenvalue weighted by atomic mass is 16.6. The van der Waals surface area contributed by atoms with Crippen LogP contribution in [0.1, 0.15) is 6.42 Å². The van der Waals surface area contributed by atoms with Crippen molar-refractivity contribution in [3.8, 4) is 28.7 Å². The molecule has 16 nitrogen and oxygen atoms in total. The van der Waals surface area contributed by atoms with E-state index in [1.807, 2.05) is 0 Å². The molecule has 0 saturated heterocycles. The summed E-state index contributed by atoms with van der Waals surface area (Å²) in [4.78, 5) is 13.4. The number of nitrogens with one attached hydrogen (secondary N) is 1. The normalized spacial score (nSPS) is 17.9. The summed E-state index contributed by atoms with van der Waals surface area (Å²) in [6, 6.07) is 17.4. The van der Waals surface area contributed by atoms with Crippen LogP contribution in [0.3, 0.4) is 0 Å². The molecule has 294 valence electrons. The minimum Gasteiger partial charge on any atom is -0.487 e. The van der Waals surface area contributed by atoms with Gasteiger partial charge in [0.1, 0.15) is 32.2 Å². The second-order valence-electron chi connectivity index (χ2n) is 11.7. The summed E-state index contributed by atoms with van der Waals surface area (Å²) in [6.07, 6.45) is -0.571. The Hall–Kier alpha value is -4.55. The van der Waals surface area contributed by atoms with Crippen LogP contribution < -0.4 is 34.7 Å². The van der Waals surface area contributed by atoms with Crippen LogP contribution in [0.4, 0.5) is 17.1 Å². The average molecular weight is 755 g/mol. The third-order valence-electron chi connectivity index (χ3n) is 7.68. The third-order valence-corrected chi connectivity index (χ3v) is 7.68. The number of benzene rings is 3. The molecule has 3 N–H and O–H groups in total. The molecule has 1 atom stereocenters. The SMILES string of the molecule is NCCC(Oc1ccc(N=Nc2ccc3c(c2)OCCOCCOCCOCCO3)cc1)C(=O)Nc1ccc2c(c1)OCCOCCOCCOCCO2. The maximum Gasteiger partial charge on any atom is 0.265 e. The van der Waals surface area contributed by atoms with Gasteiger partial charge in [-0.2, -0.15) is 10.2 Å². The highest BCUT2D eigenvalue weighted by molar-refractivity contribution is 5.94. The maximum absolute atomic E-state index is 13.4. The first kappa shape index (κ1) is 40.6. The molecule has 1 unspecified atom stereocenters. The van der Waals surface area contributed by atoms with E-state index in [-0.39, 0.29) is 25.5 Å². The van der Waals surface area contributed by atoms with Gasteiger partial charge in [-0.3, -0.25) is 4.79 Å². The smallest absolute Gasteiger partial charge is 0.265 e. The molecule has 0 bridgehead atoms. The lowest BCUT2D eigenvalue weighted by Crippen LogP contribution is -2.34. The number of carbonyl (C=O) groups excluding carboxylic acids is 1. The van der Waals surface area contributed by atoms with E-state index in [2.05, 4.69) is 15.5 Å². The van der Waals surface area contributed by atoms with E-state index in [1.54, 1.807) is 60.7 Å². The van der Waals surface area contributed by atoms with Crippen LogP contribution in [-0.4, -0.2) is 124 Å². The summed E-state index contributed by atoms with van der Waals surface area (Å²) in [5.74, 6) is 2.18. The minimum absolute atomic E-state index is 0.240. The van der Waals surface area contributed by atoms with Gasteiger partial charge >= 0.3 is 0 Å². The fourth-order valence-electron chi connectivity index (χ4n) is 5.02. The van der Waals surface area contributed by atoms with Crippen molar-refractivity contribution in [1.82, 2.24) is 0 Å². The zero-order valence-electron chi connectivity index (χ0n) is 30.4. The van der Waals surface area contributed by atoms with E-state index in [0.717, 1.165) is 0 Å². The van der Waals surface area contributed by atoms with Crippen LogP contribution >= 0.6 is 0 Å². The van der Waals surface area contributed by atoms with Gasteiger partial charge in [0.05, 0.1) is 90.7 Å². The number of nitrogens with zero attached hydrogens (tertiary/aromatic N) is 2. The van der Waals surface area contributed by atoms with Crippen molar-refractivity contribution >= 4 is 23.0 Å². The van der Waals surface area contributed by atoms with E-state index >= 15 is 0 Å². The van der Waals surface area contributed by atoms with Gasteiger partial charge in [0, 0.05) is 24.2 Å². The van der Waals surface area contributed by atoms with Gasteiger partial charge in [0.25, 0.3) is 5.91 Å². The van der Waals surface area contributed by atoms with Gasteiger partial charge in [-0.1, -0.05) is 0 Å². The molecule has 5 rings (SSSR count). The van der Waals surface area contributed by atoms with Gasteiger partial charge < -0.3 is 63.2 Å². The molecular weight excluding hydrogens is 704 g/mol. The number of nitrogens with two attached hydrogens (primary N) is 1. The summed E-state index contributed by atoms with van der Waals surface area (Å²) >= 11 is 0. The number of hydrogen-bond acceptors (Lipinski definition) is 15. The van der Waals surface area contributed by atoms with Crippen molar-refractivity contribution in [2.45, 2.75) is 12.5 Å². The summed E-state index contributed by atoms with van der Waals surface area (Å²) in [5, 5.41) is 11.7. The summed E-state index contributed by atoms with van der Waals surface area (Å²) < 4.78 is 62.8. The quantitative estimate of drug-likeness (QED) is 0.308. The highest BCUT2D eigenvalue weighted by Gasteiger charge is 2.21. The number of fused-ring (bicyclic) bond motifs is 2. The van der Waals surface area contributed by atoms with Crippen molar-refractivity contribution in [2.75, 3.05) is 118 Å². The van der Waals surface area contributed by atoms with E-state index in [0.29, 0.717) is 145 Å². The summed E-state index contributed by atoms with van der Waals surface area (Å²) in [6.45, 7) is 6.95. The Balaban J connectivity index is 1.17. The van der Waals surface area contributed by atoms with Crippen LogP contribution in [0.2, 0.25) is 0 Å². The summed E-state index contributed by atoms with van der Waals surface area (Å²) in [5.41, 5.74) is 7.51. The molecule has 3 aromatic rings. The predicted octanol–water partition coefficient (Wildman–Crippen LogP) is 4.48. The van der Waals surface area contributed by atoms with Crippen molar-refractivity contribution < 1.29 is 56.9 Å². The van der Waals surface area contributed by atoms with Gasteiger partial charge in [0.2, 0.25) is 0 Å². The van der Waals surface area contributed by atoms with Crippen LogP contribution in [0.15, 0.2) is 70.9 Å². The summed E-state index contributed by atoms with van der Waals surface area (Å²) in [7, 11) is 0. The number of azo groups is 1. The highest BCUT2D eigenvalue weighted by Crippen LogP contribution is 2.33. The topological polar surface area (TPSA) is 181 Å². The molecule has 0 saturated carbocycles. The van der Waals surface area contributed by atoms with Gasteiger partial charge in [-0.15, -0.1) is 0 Å². The molecule has 0 fully saturated rings. The zero-order chi connectivity index (χ0) is 37.5. The first-order valence-electron chi connectivity index (χ1n) is 18.1. The van der Waals surface area contributed by atoms with Crippen molar-refractivity contribution in [2.24, 2.45) is 16.0 Å². The van der Waals surface area contributed by atoms with Crippen LogP contribution in [0.5, 0.6) is 28.7 Å². The molecule has 2 aliphatic rings. The predicted molar refractivity (Wildman–Crippen MR) is 197 cm³/mol. The van der Waals surface area contributed by atoms with E-state index in [4.69, 9.17) is 57.8 Å². The number of rotatable bonds is 8. The number of carbonyl (C=O) groups is 1. The van der Waals surface area contributed by atoms with E-state index < -0.39 is 6.10 Å². The number of hydrogen-bond donors (Lipinski definition) is 2.